The molecule has 0 spiro atoms. The number of rotatable bonds is 6. The molecule has 0 saturated carbocycles. The molecule has 0 heterocycles. The minimum atomic E-state index is -4.94. The van der Waals surface area contributed by atoms with E-state index in [9.17, 15) is 33.0 Å². The Hall–Kier alpha value is -2.13. The van der Waals surface area contributed by atoms with Crippen molar-refractivity contribution < 1.29 is 42.8 Å². The zero-order valence-corrected chi connectivity index (χ0v) is 12.0. The molecule has 9 heteroatoms. The molecule has 0 bridgehead atoms. The molecular weight excluding hydrogens is 321 g/mol. The molecule has 128 valence electrons. The highest BCUT2D eigenvalue weighted by atomic mass is 19.4. The summed E-state index contributed by atoms with van der Waals surface area (Å²) >= 11 is 0. The van der Waals surface area contributed by atoms with Crippen LogP contribution in [0.3, 0.4) is 0 Å². The maximum atomic E-state index is 13.0. The highest BCUT2D eigenvalue weighted by Gasteiger charge is 2.37. The topological polar surface area (TPSA) is 104 Å². The van der Waals surface area contributed by atoms with Crippen molar-refractivity contribution in [1.29, 1.82) is 0 Å². The minimum absolute atomic E-state index is 0.0166. The van der Waals surface area contributed by atoms with Gasteiger partial charge in [0.15, 0.2) is 0 Å². The Morgan fingerprint density at radius 3 is 2.35 bits per heavy atom. The normalized spacial score (nSPS) is 14.2. The van der Waals surface area contributed by atoms with E-state index in [1.807, 2.05) is 0 Å². The van der Waals surface area contributed by atoms with Gasteiger partial charge in [0.25, 0.3) is 0 Å². The number of alkyl halides is 3. The molecule has 0 fully saturated rings. The Bertz CT molecular complexity index is 584. The lowest BCUT2D eigenvalue weighted by atomic mass is 9.95. The van der Waals surface area contributed by atoms with E-state index in [0.29, 0.717) is 6.07 Å². The van der Waals surface area contributed by atoms with E-state index in [0.717, 1.165) is 12.1 Å². The molecule has 0 aliphatic heterocycles. The third kappa shape index (κ3) is 4.93. The first-order valence-electron chi connectivity index (χ1n) is 6.54. The van der Waals surface area contributed by atoms with Crippen molar-refractivity contribution in [2.45, 2.75) is 31.7 Å². The van der Waals surface area contributed by atoms with E-state index in [4.69, 9.17) is 5.11 Å². The molecular formula is C14H15F3O6. The zero-order chi connectivity index (χ0) is 17.8. The number of hydrogen-bond acceptors (Lipinski definition) is 5. The van der Waals surface area contributed by atoms with Gasteiger partial charge in [-0.05, 0) is 24.6 Å². The van der Waals surface area contributed by atoms with Gasteiger partial charge in [0.2, 0.25) is 0 Å². The van der Waals surface area contributed by atoms with E-state index in [-0.39, 0.29) is 6.61 Å². The van der Waals surface area contributed by atoms with Gasteiger partial charge in [0.1, 0.15) is 6.10 Å². The summed E-state index contributed by atoms with van der Waals surface area (Å²) in [5.74, 6) is -2.45. The number of halogens is 3. The van der Waals surface area contributed by atoms with Crippen LogP contribution in [0.1, 0.15) is 40.9 Å². The molecule has 0 aliphatic rings. The smallest absolute Gasteiger partial charge is 0.416 e. The van der Waals surface area contributed by atoms with Crippen LogP contribution in [0.25, 0.3) is 0 Å². The van der Waals surface area contributed by atoms with Gasteiger partial charge >= 0.3 is 18.1 Å². The summed E-state index contributed by atoms with van der Waals surface area (Å²) in [4.78, 5) is 22.0. The second-order valence-corrected chi connectivity index (χ2v) is 4.63. The van der Waals surface area contributed by atoms with Crippen molar-refractivity contribution in [3.8, 4) is 0 Å². The standard InChI is InChI=1S/C14H15F3O6/c1-2-23-11(19)6-10(18)12(20)8-4-3-7(13(21)22)5-9(8)14(15,16)17/h3-5,10,12,18,20H,2,6H2,1H3,(H,21,22). The molecule has 2 unspecified atom stereocenters. The first kappa shape index (κ1) is 18.9. The predicted molar refractivity (Wildman–Crippen MR) is 70.6 cm³/mol. The van der Waals surface area contributed by atoms with Gasteiger partial charge in [-0.15, -0.1) is 0 Å². The highest BCUT2D eigenvalue weighted by Crippen LogP contribution is 2.36. The van der Waals surface area contributed by atoms with Gasteiger partial charge in [-0.25, -0.2) is 4.79 Å². The number of carboxylic acids is 1. The van der Waals surface area contributed by atoms with Crippen LogP contribution >= 0.6 is 0 Å². The molecule has 3 N–H and O–H groups in total. The first-order valence-corrected chi connectivity index (χ1v) is 6.54. The summed E-state index contributed by atoms with van der Waals surface area (Å²) in [5.41, 5.74) is -2.74. The lowest BCUT2D eigenvalue weighted by Gasteiger charge is -2.21. The van der Waals surface area contributed by atoms with Gasteiger partial charge in [-0.2, -0.15) is 13.2 Å². The fourth-order valence-corrected chi connectivity index (χ4v) is 1.90. The fraction of sp³-hybridized carbons (Fsp3) is 0.429. The minimum Gasteiger partial charge on any atom is -0.478 e. The van der Waals surface area contributed by atoms with Gasteiger partial charge < -0.3 is 20.1 Å². The maximum Gasteiger partial charge on any atom is 0.416 e. The Kier molecular flexibility index (Phi) is 6.11. The van der Waals surface area contributed by atoms with Crippen molar-refractivity contribution in [3.63, 3.8) is 0 Å². The van der Waals surface area contributed by atoms with Crippen LogP contribution in [0.5, 0.6) is 0 Å². The number of aromatic carboxylic acids is 1. The van der Waals surface area contributed by atoms with Crippen molar-refractivity contribution in [1.82, 2.24) is 0 Å². The summed E-state index contributed by atoms with van der Waals surface area (Å²) in [6.45, 7) is 1.52. The van der Waals surface area contributed by atoms with Gasteiger partial charge in [0, 0.05) is 0 Å². The Labute approximate surface area is 129 Å². The van der Waals surface area contributed by atoms with Crippen LogP contribution < -0.4 is 0 Å². The van der Waals surface area contributed by atoms with Crippen molar-refractivity contribution in [2.24, 2.45) is 0 Å². The third-order valence-electron chi connectivity index (χ3n) is 2.97. The van der Waals surface area contributed by atoms with Gasteiger partial charge in [-0.3, -0.25) is 4.79 Å². The van der Waals surface area contributed by atoms with Crippen molar-refractivity contribution >= 4 is 11.9 Å². The number of benzene rings is 1. The number of carbonyl (C=O) groups excluding carboxylic acids is 1. The van der Waals surface area contributed by atoms with Crippen molar-refractivity contribution in [2.75, 3.05) is 6.61 Å². The number of hydrogen-bond donors (Lipinski definition) is 3. The molecule has 0 aromatic heterocycles. The van der Waals surface area contributed by atoms with Gasteiger partial charge in [-0.1, -0.05) is 6.07 Å². The molecule has 0 aliphatic carbocycles. The van der Waals surface area contributed by atoms with E-state index in [1.165, 1.54) is 6.92 Å². The van der Waals surface area contributed by atoms with Crippen molar-refractivity contribution in [3.05, 3.63) is 34.9 Å². The Morgan fingerprint density at radius 2 is 1.87 bits per heavy atom. The summed E-state index contributed by atoms with van der Waals surface area (Å²) in [7, 11) is 0. The number of aliphatic hydroxyl groups is 2. The Balaban J connectivity index is 3.15. The largest absolute Gasteiger partial charge is 0.478 e. The first-order chi connectivity index (χ1) is 10.6. The predicted octanol–water partition coefficient (Wildman–Crippen LogP) is 1.75. The molecule has 1 rings (SSSR count). The second kappa shape index (κ2) is 7.42. The molecule has 0 radical (unpaired) electrons. The number of carboxylic acid groups (broad SMARTS) is 1. The maximum absolute atomic E-state index is 13.0. The molecule has 6 nitrogen and oxygen atoms in total. The Morgan fingerprint density at radius 1 is 1.26 bits per heavy atom. The molecule has 0 saturated heterocycles. The van der Waals surface area contributed by atoms with Crippen LogP contribution in [0.15, 0.2) is 18.2 Å². The van der Waals surface area contributed by atoms with E-state index < -0.39 is 53.4 Å². The van der Waals surface area contributed by atoms with Gasteiger partial charge in [0.05, 0.1) is 30.3 Å². The summed E-state index contributed by atoms with van der Waals surface area (Å²) in [5, 5.41) is 28.3. The number of carbonyl (C=O) groups is 2. The van der Waals surface area contributed by atoms with E-state index in [2.05, 4.69) is 4.74 Å². The number of aliphatic hydroxyl groups excluding tert-OH is 2. The third-order valence-corrected chi connectivity index (χ3v) is 2.97. The highest BCUT2D eigenvalue weighted by molar-refractivity contribution is 5.88. The zero-order valence-electron chi connectivity index (χ0n) is 12.0. The average molecular weight is 336 g/mol. The van der Waals surface area contributed by atoms with Crippen LogP contribution in [0.4, 0.5) is 13.2 Å². The summed E-state index contributed by atoms with van der Waals surface area (Å²) in [6, 6.07) is 1.98. The van der Waals surface area contributed by atoms with Crippen LogP contribution in [-0.2, 0) is 15.7 Å². The fourth-order valence-electron chi connectivity index (χ4n) is 1.90. The van der Waals surface area contributed by atoms with Crippen LogP contribution in [-0.4, -0.2) is 40.0 Å². The summed E-state index contributed by atoms with van der Waals surface area (Å²) in [6.07, 6.45) is -9.50. The second-order valence-electron chi connectivity index (χ2n) is 4.63. The quantitative estimate of drug-likeness (QED) is 0.684. The lowest BCUT2D eigenvalue weighted by Crippen LogP contribution is -2.25. The average Bonchev–Trinajstić information content (AvgIpc) is 2.44. The molecule has 23 heavy (non-hydrogen) atoms. The molecule has 1 aromatic carbocycles. The number of esters is 1. The number of ether oxygens (including phenoxy) is 1. The monoisotopic (exact) mass is 336 g/mol. The van der Waals surface area contributed by atoms with E-state index in [1.54, 1.807) is 0 Å². The SMILES string of the molecule is CCOC(=O)CC(O)C(O)c1ccc(C(=O)O)cc1C(F)(F)F. The molecule has 2 atom stereocenters. The molecule has 0 amide bonds. The lowest BCUT2D eigenvalue weighted by molar-refractivity contribution is -0.147. The van der Waals surface area contributed by atoms with Crippen LogP contribution in [0.2, 0.25) is 0 Å². The molecule has 1 aromatic rings. The van der Waals surface area contributed by atoms with E-state index >= 15 is 0 Å². The van der Waals surface area contributed by atoms with Crippen LogP contribution in [0, 0.1) is 0 Å². The summed E-state index contributed by atoms with van der Waals surface area (Å²) < 4.78 is 43.6.